The van der Waals surface area contributed by atoms with Crippen LogP contribution in [-0.2, 0) is 11.2 Å². The summed E-state index contributed by atoms with van der Waals surface area (Å²) in [5, 5.41) is 3.36. The van der Waals surface area contributed by atoms with Crippen molar-refractivity contribution in [1.82, 2.24) is 5.32 Å². The SMILES string of the molecule is CNC(Cc1ccc(Cl)s1)C1CCC(C)O1. The molecule has 16 heavy (non-hydrogen) atoms. The summed E-state index contributed by atoms with van der Waals surface area (Å²) in [6.07, 6.45) is 4.10. The van der Waals surface area contributed by atoms with Gasteiger partial charge >= 0.3 is 0 Å². The summed E-state index contributed by atoms with van der Waals surface area (Å²) in [7, 11) is 2.01. The third-order valence-corrected chi connectivity index (χ3v) is 4.39. The van der Waals surface area contributed by atoms with Gasteiger partial charge in [-0.3, -0.25) is 0 Å². The second-order valence-electron chi connectivity index (χ2n) is 4.37. The molecule has 1 fully saturated rings. The monoisotopic (exact) mass is 259 g/mol. The quantitative estimate of drug-likeness (QED) is 0.897. The predicted molar refractivity (Wildman–Crippen MR) is 69.4 cm³/mol. The van der Waals surface area contributed by atoms with Crippen molar-refractivity contribution in [3.63, 3.8) is 0 Å². The largest absolute Gasteiger partial charge is 0.374 e. The summed E-state index contributed by atoms with van der Waals surface area (Å²) >= 11 is 7.60. The molecule has 0 amide bonds. The van der Waals surface area contributed by atoms with Gasteiger partial charge in [-0.15, -0.1) is 11.3 Å². The smallest absolute Gasteiger partial charge is 0.0931 e. The molecule has 1 aliphatic heterocycles. The highest BCUT2D eigenvalue weighted by atomic mass is 35.5. The fraction of sp³-hybridized carbons (Fsp3) is 0.667. The molecule has 0 radical (unpaired) electrons. The topological polar surface area (TPSA) is 21.3 Å². The Kier molecular flexibility index (Phi) is 4.25. The summed E-state index contributed by atoms with van der Waals surface area (Å²) in [5.41, 5.74) is 0. The summed E-state index contributed by atoms with van der Waals surface area (Å²) in [6.45, 7) is 2.15. The van der Waals surface area contributed by atoms with Gasteiger partial charge in [0.05, 0.1) is 16.5 Å². The van der Waals surface area contributed by atoms with Crippen LogP contribution >= 0.6 is 22.9 Å². The number of rotatable bonds is 4. The van der Waals surface area contributed by atoms with Gasteiger partial charge in [0.1, 0.15) is 0 Å². The molecule has 2 rings (SSSR count). The summed E-state index contributed by atoms with van der Waals surface area (Å²) < 4.78 is 6.77. The maximum atomic E-state index is 5.94. The summed E-state index contributed by atoms with van der Waals surface area (Å²) in [5.74, 6) is 0. The zero-order chi connectivity index (χ0) is 11.5. The summed E-state index contributed by atoms with van der Waals surface area (Å²) in [4.78, 5) is 1.33. The highest BCUT2D eigenvalue weighted by molar-refractivity contribution is 7.16. The van der Waals surface area contributed by atoms with Gasteiger partial charge in [0.2, 0.25) is 0 Å². The molecule has 4 heteroatoms. The number of likely N-dealkylation sites (N-methyl/N-ethyl adjacent to an activating group) is 1. The molecule has 2 nitrogen and oxygen atoms in total. The molecule has 3 atom stereocenters. The fourth-order valence-electron chi connectivity index (χ4n) is 2.23. The van der Waals surface area contributed by atoms with Gasteiger partial charge in [-0.05, 0) is 45.4 Å². The highest BCUT2D eigenvalue weighted by Gasteiger charge is 2.28. The van der Waals surface area contributed by atoms with Gasteiger partial charge < -0.3 is 10.1 Å². The minimum Gasteiger partial charge on any atom is -0.374 e. The molecular formula is C12H18ClNOS. The lowest BCUT2D eigenvalue weighted by molar-refractivity contribution is 0.0339. The average molecular weight is 260 g/mol. The van der Waals surface area contributed by atoms with E-state index in [4.69, 9.17) is 16.3 Å². The van der Waals surface area contributed by atoms with E-state index in [0.717, 1.165) is 17.2 Å². The molecule has 1 N–H and O–H groups in total. The Balaban J connectivity index is 1.95. The van der Waals surface area contributed by atoms with Gasteiger partial charge in [0, 0.05) is 10.9 Å². The van der Waals surface area contributed by atoms with Crippen LogP contribution in [0.25, 0.3) is 0 Å². The van der Waals surface area contributed by atoms with Crippen molar-refractivity contribution in [2.75, 3.05) is 7.05 Å². The van der Waals surface area contributed by atoms with Crippen LogP contribution in [0.5, 0.6) is 0 Å². The molecule has 0 spiro atoms. The van der Waals surface area contributed by atoms with Crippen molar-refractivity contribution in [3.8, 4) is 0 Å². The van der Waals surface area contributed by atoms with Crippen LogP contribution < -0.4 is 5.32 Å². The number of ether oxygens (including phenoxy) is 1. The predicted octanol–water partition coefficient (Wildman–Crippen LogP) is 3.10. The first-order valence-corrected chi connectivity index (χ1v) is 6.95. The lowest BCUT2D eigenvalue weighted by Crippen LogP contribution is -2.39. The van der Waals surface area contributed by atoms with Crippen LogP contribution in [-0.4, -0.2) is 25.3 Å². The molecule has 1 saturated heterocycles. The minimum atomic E-state index is 0.348. The van der Waals surface area contributed by atoms with Crippen molar-refractivity contribution in [2.24, 2.45) is 0 Å². The molecule has 0 saturated carbocycles. The van der Waals surface area contributed by atoms with Crippen LogP contribution in [0.4, 0.5) is 0 Å². The maximum Gasteiger partial charge on any atom is 0.0931 e. The summed E-state index contributed by atoms with van der Waals surface area (Å²) in [6, 6.07) is 4.47. The first-order chi connectivity index (χ1) is 7.69. The van der Waals surface area contributed by atoms with Crippen LogP contribution in [0.3, 0.4) is 0 Å². The van der Waals surface area contributed by atoms with E-state index < -0.39 is 0 Å². The molecule has 2 heterocycles. The second kappa shape index (κ2) is 5.50. The maximum absolute atomic E-state index is 5.94. The third kappa shape index (κ3) is 2.98. The Morgan fingerprint density at radius 2 is 2.38 bits per heavy atom. The molecule has 3 unspecified atom stereocenters. The van der Waals surface area contributed by atoms with Crippen molar-refractivity contribution < 1.29 is 4.74 Å². The van der Waals surface area contributed by atoms with E-state index in [1.165, 1.54) is 11.3 Å². The second-order valence-corrected chi connectivity index (χ2v) is 6.17. The Labute approximate surface area is 106 Å². The molecule has 0 aromatic carbocycles. The van der Waals surface area contributed by atoms with Crippen LogP contribution in [0.1, 0.15) is 24.6 Å². The average Bonchev–Trinajstić information content (AvgIpc) is 2.84. The van der Waals surface area contributed by atoms with Crippen molar-refractivity contribution in [2.45, 2.75) is 44.4 Å². The lowest BCUT2D eigenvalue weighted by Gasteiger charge is -2.22. The highest BCUT2D eigenvalue weighted by Crippen LogP contribution is 2.27. The Morgan fingerprint density at radius 1 is 1.56 bits per heavy atom. The standard InChI is InChI=1S/C12H18ClNOS/c1-8-3-5-11(15-8)10(14-2)7-9-4-6-12(13)16-9/h4,6,8,10-11,14H,3,5,7H2,1-2H3. The van der Waals surface area contributed by atoms with Gasteiger partial charge in [-0.25, -0.2) is 0 Å². The van der Waals surface area contributed by atoms with E-state index in [0.29, 0.717) is 18.2 Å². The molecule has 0 bridgehead atoms. The molecule has 1 aromatic rings. The van der Waals surface area contributed by atoms with Gasteiger partial charge in [-0.1, -0.05) is 11.6 Å². The Hall–Kier alpha value is -0.0900. The van der Waals surface area contributed by atoms with Crippen LogP contribution in [0.2, 0.25) is 4.34 Å². The van der Waals surface area contributed by atoms with Gasteiger partial charge in [-0.2, -0.15) is 0 Å². The van der Waals surface area contributed by atoms with E-state index in [9.17, 15) is 0 Å². The van der Waals surface area contributed by atoms with E-state index in [2.05, 4.69) is 18.3 Å². The van der Waals surface area contributed by atoms with Crippen molar-refractivity contribution in [3.05, 3.63) is 21.3 Å². The van der Waals surface area contributed by atoms with E-state index in [1.807, 2.05) is 13.1 Å². The number of halogens is 1. The van der Waals surface area contributed by atoms with E-state index in [-0.39, 0.29) is 0 Å². The Morgan fingerprint density at radius 3 is 2.88 bits per heavy atom. The molecule has 90 valence electrons. The van der Waals surface area contributed by atoms with E-state index in [1.54, 1.807) is 11.3 Å². The van der Waals surface area contributed by atoms with Gasteiger partial charge in [0.25, 0.3) is 0 Å². The fourth-order valence-corrected chi connectivity index (χ4v) is 3.37. The molecule has 1 aromatic heterocycles. The minimum absolute atomic E-state index is 0.348. The van der Waals surface area contributed by atoms with Crippen molar-refractivity contribution >= 4 is 22.9 Å². The Bertz CT molecular complexity index is 342. The van der Waals surface area contributed by atoms with Crippen molar-refractivity contribution in [1.29, 1.82) is 0 Å². The zero-order valence-electron chi connectivity index (χ0n) is 9.70. The molecule has 0 aliphatic carbocycles. The first-order valence-electron chi connectivity index (χ1n) is 5.76. The van der Waals surface area contributed by atoms with Crippen LogP contribution in [0.15, 0.2) is 12.1 Å². The number of hydrogen-bond acceptors (Lipinski definition) is 3. The lowest BCUT2D eigenvalue weighted by atomic mass is 10.0. The number of thiophene rings is 1. The first kappa shape index (κ1) is 12.4. The van der Waals surface area contributed by atoms with E-state index >= 15 is 0 Å². The van der Waals surface area contributed by atoms with Crippen LogP contribution in [0, 0.1) is 0 Å². The third-order valence-electron chi connectivity index (χ3n) is 3.13. The number of nitrogens with one attached hydrogen (secondary N) is 1. The normalized spacial score (nSPS) is 27.2. The number of hydrogen-bond donors (Lipinski definition) is 1. The molecular weight excluding hydrogens is 242 g/mol. The zero-order valence-corrected chi connectivity index (χ0v) is 11.3. The van der Waals surface area contributed by atoms with Gasteiger partial charge in [0.15, 0.2) is 0 Å². The molecule has 1 aliphatic rings.